The Kier molecular flexibility index (Phi) is 8.49. The molecule has 1 aromatic carbocycles. The van der Waals surface area contributed by atoms with Gasteiger partial charge in [0, 0.05) is 77.1 Å². The van der Waals surface area contributed by atoms with Crippen LogP contribution >= 0.6 is 0 Å². The third-order valence-electron chi connectivity index (χ3n) is 9.85. The van der Waals surface area contributed by atoms with Crippen molar-refractivity contribution in [3.63, 3.8) is 0 Å². The van der Waals surface area contributed by atoms with Crippen LogP contribution in [0.2, 0.25) is 0 Å². The third kappa shape index (κ3) is 6.51. The zero-order valence-electron chi connectivity index (χ0n) is 26.5. The Morgan fingerprint density at radius 1 is 0.977 bits per heavy atom. The average molecular weight is 610 g/mol. The molecule has 12 nitrogen and oxygen atoms in total. The molecular formula is C32H47N7O5. The van der Waals surface area contributed by atoms with Gasteiger partial charge in [0.15, 0.2) is 0 Å². The smallest absolute Gasteiger partial charge is 0.407 e. The molecule has 0 bridgehead atoms. The molecule has 1 saturated carbocycles. The maximum Gasteiger partial charge on any atom is 0.407 e. The van der Waals surface area contributed by atoms with Crippen molar-refractivity contribution in [1.29, 1.82) is 0 Å². The summed E-state index contributed by atoms with van der Waals surface area (Å²) in [5, 5.41) is 5.38. The summed E-state index contributed by atoms with van der Waals surface area (Å²) in [5.74, 6) is -0.0244. The predicted molar refractivity (Wildman–Crippen MR) is 168 cm³/mol. The second-order valence-corrected chi connectivity index (χ2v) is 14.1. The van der Waals surface area contributed by atoms with E-state index in [-0.39, 0.29) is 30.2 Å². The Bertz CT molecular complexity index is 1450. The van der Waals surface area contributed by atoms with E-state index in [2.05, 4.69) is 37.5 Å². The van der Waals surface area contributed by atoms with Gasteiger partial charge in [0.05, 0.1) is 11.0 Å². The van der Waals surface area contributed by atoms with Crippen LogP contribution in [-0.4, -0.2) is 100 Å². The summed E-state index contributed by atoms with van der Waals surface area (Å²) in [7, 11) is 1.74. The van der Waals surface area contributed by atoms with Crippen LogP contribution in [0.3, 0.4) is 0 Å². The normalized spacial score (nSPS) is 26.0. The second kappa shape index (κ2) is 12.2. The number of anilines is 1. The highest BCUT2D eigenvalue weighted by molar-refractivity contribution is 6.00. The van der Waals surface area contributed by atoms with Gasteiger partial charge in [-0.3, -0.25) is 28.9 Å². The van der Waals surface area contributed by atoms with Gasteiger partial charge in [-0.1, -0.05) is 0 Å². The Morgan fingerprint density at radius 2 is 1.68 bits per heavy atom. The molecule has 3 aliphatic heterocycles. The lowest BCUT2D eigenvalue weighted by molar-refractivity contribution is -0.135. The minimum Gasteiger partial charge on any atom is -0.444 e. The molecule has 44 heavy (non-hydrogen) atoms. The molecule has 4 heterocycles. The zero-order valence-corrected chi connectivity index (χ0v) is 26.5. The summed E-state index contributed by atoms with van der Waals surface area (Å²) >= 11 is 0. The zero-order chi connectivity index (χ0) is 31.2. The molecule has 4 fully saturated rings. The van der Waals surface area contributed by atoms with E-state index in [1.54, 1.807) is 11.6 Å². The number of alkyl carbamates (subject to hydrolysis) is 1. The van der Waals surface area contributed by atoms with Crippen LogP contribution < -0.4 is 21.2 Å². The Hall–Kier alpha value is -3.38. The highest BCUT2D eigenvalue weighted by Gasteiger charge is 2.37. The van der Waals surface area contributed by atoms with Crippen LogP contribution in [0.1, 0.15) is 65.3 Å². The van der Waals surface area contributed by atoms with Gasteiger partial charge in [-0.2, -0.15) is 0 Å². The van der Waals surface area contributed by atoms with Crippen molar-refractivity contribution in [1.82, 2.24) is 29.6 Å². The quantitative estimate of drug-likeness (QED) is 0.479. The van der Waals surface area contributed by atoms with Crippen LogP contribution in [0.5, 0.6) is 0 Å². The van der Waals surface area contributed by atoms with E-state index in [4.69, 9.17) is 4.74 Å². The molecule has 240 valence electrons. The SMILES string of the molecule is Cn1c(=O)n(C2CCC(=O)NC2=O)c2ccc(N3CCC(CN4CCN([C@H]5C[C@H](NC(=O)OC(C)(C)C)C5)CC4)CC3)cc21. The molecule has 3 amide bonds. The standard InChI is InChI=1S/C32H47N7O5/c1-32(2,3)44-30(42)33-22-17-24(18-22)38-15-13-36(14-16-38)20-21-9-11-37(12-10-21)23-5-6-25-27(19-23)35(4)31(43)39(25)26-7-8-28(40)34-29(26)41/h5-6,19,21-22,24,26H,7-18,20H2,1-4H3,(H,33,42)(H,34,40,41)/t22-,24-,26?. The Balaban J connectivity index is 0.962. The number of aromatic nitrogens is 2. The molecular weight excluding hydrogens is 562 g/mol. The number of nitrogens with zero attached hydrogens (tertiary/aromatic N) is 5. The molecule has 6 rings (SSSR count). The minimum absolute atomic E-state index is 0.217. The van der Waals surface area contributed by atoms with Gasteiger partial charge in [0.2, 0.25) is 11.8 Å². The van der Waals surface area contributed by atoms with Crippen LogP contribution in [0.25, 0.3) is 11.0 Å². The second-order valence-electron chi connectivity index (χ2n) is 14.1. The number of hydrogen-bond acceptors (Lipinski definition) is 8. The van der Waals surface area contributed by atoms with E-state index in [1.165, 1.54) is 4.57 Å². The van der Waals surface area contributed by atoms with Crippen LogP contribution in [0, 0.1) is 5.92 Å². The minimum atomic E-state index is -0.667. The van der Waals surface area contributed by atoms with Gasteiger partial charge in [0.1, 0.15) is 11.6 Å². The van der Waals surface area contributed by atoms with Crippen molar-refractivity contribution in [2.45, 2.75) is 83.0 Å². The summed E-state index contributed by atoms with van der Waals surface area (Å²) in [6.45, 7) is 13.1. The lowest BCUT2D eigenvalue weighted by Crippen LogP contribution is -2.59. The number of amides is 3. The first-order valence-electron chi connectivity index (χ1n) is 16.2. The van der Waals surface area contributed by atoms with E-state index in [9.17, 15) is 19.2 Å². The number of benzene rings is 1. The molecule has 0 spiro atoms. The van der Waals surface area contributed by atoms with E-state index >= 15 is 0 Å². The van der Waals surface area contributed by atoms with Gasteiger partial charge in [-0.05, 0) is 77.0 Å². The third-order valence-corrected chi connectivity index (χ3v) is 9.85. The lowest BCUT2D eigenvalue weighted by atomic mass is 9.85. The number of nitrogens with one attached hydrogen (secondary N) is 2. The number of imidazole rings is 1. The molecule has 12 heteroatoms. The molecule has 3 saturated heterocycles. The number of hydrogen-bond donors (Lipinski definition) is 2. The number of aryl methyl sites for hydroxylation is 1. The van der Waals surface area contributed by atoms with Crippen molar-refractivity contribution in [2.75, 3.05) is 50.7 Å². The number of fused-ring (bicyclic) bond motifs is 1. The first kappa shape index (κ1) is 30.6. The molecule has 1 aliphatic carbocycles. The van der Waals surface area contributed by atoms with Crippen molar-refractivity contribution in [3.8, 4) is 0 Å². The maximum atomic E-state index is 13.1. The van der Waals surface area contributed by atoms with Crippen molar-refractivity contribution < 1.29 is 19.1 Å². The van der Waals surface area contributed by atoms with E-state index in [0.29, 0.717) is 18.4 Å². The molecule has 2 aromatic rings. The topological polar surface area (TPSA) is 121 Å². The largest absolute Gasteiger partial charge is 0.444 e. The first-order chi connectivity index (χ1) is 20.9. The van der Waals surface area contributed by atoms with Crippen molar-refractivity contribution >= 4 is 34.6 Å². The summed E-state index contributed by atoms with van der Waals surface area (Å²) < 4.78 is 8.54. The fourth-order valence-corrected chi connectivity index (χ4v) is 7.31. The molecule has 4 aliphatic rings. The lowest BCUT2D eigenvalue weighted by Gasteiger charge is -2.47. The number of rotatable bonds is 6. The van der Waals surface area contributed by atoms with Gasteiger partial charge in [0.25, 0.3) is 0 Å². The summed E-state index contributed by atoms with van der Waals surface area (Å²) in [4.78, 5) is 56.9. The maximum absolute atomic E-state index is 13.1. The Morgan fingerprint density at radius 3 is 2.34 bits per heavy atom. The number of carbonyl (C=O) groups is 3. The van der Waals surface area contributed by atoms with Gasteiger partial charge in [-0.15, -0.1) is 0 Å². The first-order valence-corrected chi connectivity index (χ1v) is 16.2. The summed E-state index contributed by atoms with van der Waals surface area (Å²) in [6, 6.07) is 6.16. The van der Waals surface area contributed by atoms with Gasteiger partial charge >= 0.3 is 11.8 Å². The monoisotopic (exact) mass is 609 g/mol. The average Bonchev–Trinajstić information content (AvgIpc) is 3.19. The molecule has 1 aromatic heterocycles. The highest BCUT2D eigenvalue weighted by Crippen LogP contribution is 2.30. The number of carbonyl (C=O) groups excluding carboxylic acids is 3. The van der Waals surface area contributed by atoms with Crippen molar-refractivity contribution in [3.05, 3.63) is 28.7 Å². The van der Waals surface area contributed by atoms with E-state index in [0.717, 1.165) is 88.2 Å². The van der Waals surface area contributed by atoms with E-state index < -0.39 is 17.6 Å². The van der Waals surface area contributed by atoms with Crippen LogP contribution in [0.4, 0.5) is 10.5 Å². The molecule has 1 unspecified atom stereocenters. The van der Waals surface area contributed by atoms with Crippen LogP contribution in [0.15, 0.2) is 23.0 Å². The van der Waals surface area contributed by atoms with Gasteiger partial charge < -0.3 is 19.9 Å². The summed E-state index contributed by atoms with van der Waals surface area (Å²) in [6.07, 6.45) is 4.52. The highest BCUT2D eigenvalue weighted by atomic mass is 16.6. The molecule has 0 radical (unpaired) electrons. The van der Waals surface area contributed by atoms with E-state index in [1.807, 2.05) is 26.8 Å². The molecule has 1 atom stereocenters. The summed E-state index contributed by atoms with van der Waals surface area (Å²) in [5.41, 5.74) is 1.92. The number of piperidine rings is 2. The van der Waals surface area contributed by atoms with Crippen molar-refractivity contribution in [2.24, 2.45) is 13.0 Å². The van der Waals surface area contributed by atoms with Gasteiger partial charge in [-0.25, -0.2) is 9.59 Å². The fraction of sp³-hybridized carbons (Fsp3) is 0.688. The number of imide groups is 1. The Labute approximate surface area is 258 Å². The molecule has 2 N–H and O–H groups in total. The number of ether oxygens (including phenoxy) is 1. The predicted octanol–water partition coefficient (Wildman–Crippen LogP) is 2.21. The van der Waals surface area contributed by atoms with Crippen LogP contribution in [-0.2, 0) is 21.4 Å². The fourth-order valence-electron chi connectivity index (χ4n) is 7.31. The number of piperazine rings is 1.